The van der Waals surface area contributed by atoms with E-state index in [2.05, 4.69) is 21.3 Å². The molecule has 0 saturated carbocycles. The lowest BCUT2D eigenvalue weighted by atomic mass is 10.0. The molecule has 204 valence electrons. The molecule has 1 aliphatic heterocycles. The zero-order chi connectivity index (χ0) is 27.5. The molecule has 1 heterocycles. The second-order valence-corrected chi connectivity index (χ2v) is 9.10. The second-order valence-electron chi connectivity index (χ2n) is 9.10. The summed E-state index contributed by atoms with van der Waals surface area (Å²) in [6, 6.07) is 9.96. The Morgan fingerprint density at radius 2 is 1.84 bits per heavy atom. The molecule has 4 amide bonds. The van der Waals surface area contributed by atoms with Crippen LogP contribution in [-0.4, -0.2) is 62.0 Å². The van der Waals surface area contributed by atoms with E-state index < -0.39 is 42.0 Å². The predicted octanol–water partition coefficient (Wildman–Crippen LogP) is 1.55. The molecule has 3 rings (SSSR count). The van der Waals surface area contributed by atoms with E-state index in [0.29, 0.717) is 24.5 Å². The minimum atomic E-state index is -1.23. The van der Waals surface area contributed by atoms with Crippen molar-refractivity contribution in [3.05, 3.63) is 59.9 Å². The van der Waals surface area contributed by atoms with Crippen molar-refractivity contribution in [3.63, 3.8) is 0 Å². The van der Waals surface area contributed by atoms with Crippen molar-refractivity contribution in [3.8, 4) is 11.5 Å². The molecule has 0 aromatic heterocycles. The van der Waals surface area contributed by atoms with Gasteiger partial charge in [-0.05, 0) is 48.7 Å². The number of fused-ring (bicyclic) bond motifs is 1. The first-order chi connectivity index (χ1) is 18.2. The molecule has 0 aliphatic carbocycles. The summed E-state index contributed by atoms with van der Waals surface area (Å²) < 4.78 is 24.3. The van der Waals surface area contributed by atoms with Crippen molar-refractivity contribution < 1.29 is 33.0 Å². The Bertz CT molecular complexity index is 1120. The van der Waals surface area contributed by atoms with E-state index in [-0.39, 0.29) is 37.1 Å². The average molecular weight is 529 g/mol. The van der Waals surface area contributed by atoms with E-state index >= 15 is 0 Å². The Morgan fingerprint density at radius 1 is 1.11 bits per heavy atom. The van der Waals surface area contributed by atoms with Gasteiger partial charge in [0, 0.05) is 6.54 Å². The van der Waals surface area contributed by atoms with E-state index in [0.717, 1.165) is 0 Å². The number of carbonyl (C=O) groups excluding carboxylic acids is 4. The maximum absolute atomic E-state index is 13.1. The molecule has 1 aliphatic rings. The SMILES string of the molecule is CC(C)[C@@H]1NC(=O)C[C@@H](C(=O)NCCOc2ccc(F)cc2)NC(=O)c2ccccc2OCCCNC1=O. The van der Waals surface area contributed by atoms with Crippen LogP contribution < -0.4 is 30.7 Å². The molecule has 38 heavy (non-hydrogen) atoms. The number of hydrogen-bond donors (Lipinski definition) is 4. The van der Waals surface area contributed by atoms with Crippen molar-refractivity contribution in [1.29, 1.82) is 0 Å². The normalized spacial score (nSPS) is 19.0. The topological polar surface area (TPSA) is 135 Å². The molecule has 0 radical (unpaired) electrons. The third-order valence-electron chi connectivity index (χ3n) is 5.77. The van der Waals surface area contributed by atoms with Crippen molar-refractivity contribution in [2.75, 3.05) is 26.3 Å². The van der Waals surface area contributed by atoms with Crippen molar-refractivity contribution in [1.82, 2.24) is 21.3 Å². The monoisotopic (exact) mass is 528 g/mol. The minimum Gasteiger partial charge on any atom is -0.493 e. The highest BCUT2D eigenvalue weighted by atomic mass is 19.1. The van der Waals surface area contributed by atoms with Gasteiger partial charge in [0.15, 0.2) is 0 Å². The molecule has 0 unspecified atom stereocenters. The van der Waals surface area contributed by atoms with Gasteiger partial charge in [-0.3, -0.25) is 19.2 Å². The first-order valence-corrected chi connectivity index (χ1v) is 12.5. The standard InChI is InChI=1S/C27H33FN4O6/c1-17(2)24-27(36)29-12-5-14-38-22-7-4-3-6-20(22)25(34)31-21(16-23(33)32-24)26(35)30-13-15-37-19-10-8-18(28)9-11-19/h3-4,6-11,17,21,24H,5,12-16H2,1-2H3,(H,29,36)(H,30,35)(H,31,34)(H,32,33)/t21-,24-/m0/s1. The highest BCUT2D eigenvalue weighted by molar-refractivity contribution is 6.01. The highest BCUT2D eigenvalue weighted by Crippen LogP contribution is 2.19. The molecule has 11 heteroatoms. The van der Waals surface area contributed by atoms with Crippen LogP contribution in [0.25, 0.3) is 0 Å². The molecule has 4 N–H and O–H groups in total. The number of carbonyl (C=O) groups is 4. The first-order valence-electron chi connectivity index (χ1n) is 12.5. The molecular formula is C27H33FN4O6. The van der Waals surface area contributed by atoms with Crippen LogP contribution in [0.1, 0.15) is 37.0 Å². The Labute approximate surface area is 220 Å². The van der Waals surface area contributed by atoms with Gasteiger partial charge in [0.1, 0.15) is 36.0 Å². The van der Waals surface area contributed by atoms with E-state index in [1.807, 2.05) is 0 Å². The number of rotatable bonds is 6. The number of benzene rings is 2. The number of halogens is 1. The Balaban J connectivity index is 1.73. The maximum atomic E-state index is 13.1. The fourth-order valence-corrected chi connectivity index (χ4v) is 3.75. The summed E-state index contributed by atoms with van der Waals surface area (Å²) in [5, 5.41) is 10.7. The molecule has 2 aromatic rings. The van der Waals surface area contributed by atoms with E-state index in [9.17, 15) is 23.6 Å². The van der Waals surface area contributed by atoms with Crippen molar-refractivity contribution >= 4 is 23.6 Å². The Morgan fingerprint density at radius 3 is 2.58 bits per heavy atom. The van der Waals surface area contributed by atoms with Crippen LogP contribution in [-0.2, 0) is 14.4 Å². The van der Waals surface area contributed by atoms with Gasteiger partial charge in [-0.15, -0.1) is 0 Å². The summed E-state index contributed by atoms with van der Waals surface area (Å²) in [5.41, 5.74) is 0.212. The Hall–Kier alpha value is -4.15. The smallest absolute Gasteiger partial charge is 0.255 e. The third-order valence-corrected chi connectivity index (χ3v) is 5.77. The fraction of sp³-hybridized carbons (Fsp3) is 0.407. The first kappa shape index (κ1) is 28.4. The molecule has 2 aromatic carbocycles. The summed E-state index contributed by atoms with van der Waals surface area (Å²) in [6.07, 6.45) is 0.0986. The molecule has 0 saturated heterocycles. The van der Waals surface area contributed by atoms with Gasteiger partial charge in [-0.1, -0.05) is 26.0 Å². The number of para-hydroxylation sites is 1. The number of hydrogen-bond acceptors (Lipinski definition) is 6. The van der Waals surface area contributed by atoms with Gasteiger partial charge >= 0.3 is 0 Å². The summed E-state index contributed by atoms with van der Waals surface area (Å²) in [6.45, 7) is 4.33. The van der Waals surface area contributed by atoms with Crippen LogP contribution in [0.2, 0.25) is 0 Å². The molecule has 0 bridgehead atoms. The number of amides is 4. The minimum absolute atomic E-state index is 0.0704. The van der Waals surface area contributed by atoms with Crippen LogP contribution >= 0.6 is 0 Å². The Kier molecular flexibility index (Phi) is 10.4. The lowest BCUT2D eigenvalue weighted by Crippen LogP contribution is -2.53. The second kappa shape index (κ2) is 14.0. The highest BCUT2D eigenvalue weighted by Gasteiger charge is 2.29. The molecular weight excluding hydrogens is 495 g/mol. The van der Waals surface area contributed by atoms with Gasteiger partial charge in [-0.25, -0.2) is 4.39 Å². The summed E-state index contributed by atoms with van der Waals surface area (Å²) in [4.78, 5) is 51.7. The van der Waals surface area contributed by atoms with Crippen LogP contribution in [0, 0.1) is 11.7 Å². The van der Waals surface area contributed by atoms with E-state index in [4.69, 9.17) is 9.47 Å². The van der Waals surface area contributed by atoms with E-state index in [1.54, 1.807) is 38.1 Å². The van der Waals surface area contributed by atoms with Gasteiger partial charge in [0.25, 0.3) is 5.91 Å². The van der Waals surface area contributed by atoms with Gasteiger partial charge in [-0.2, -0.15) is 0 Å². The number of nitrogens with one attached hydrogen (secondary N) is 4. The molecule has 10 nitrogen and oxygen atoms in total. The molecule has 0 fully saturated rings. The van der Waals surface area contributed by atoms with Crippen molar-refractivity contribution in [2.24, 2.45) is 5.92 Å². The fourth-order valence-electron chi connectivity index (χ4n) is 3.75. The summed E-state index contributed by atoms with van der Waals surface area (Å²) in [5.74, 6) is -1.95. The third kappa shape index (κ3) is 8.46. The summed E-state index contributed by atoms with van der Waals surface area (Å²) in [7, 11) is 0. The number of ether oxygens (including phenoxy) is 2. The van der Waals surface area contributed by atoms with Crippen LogP contribution in [0.3, 0.4) is 0 Å². The van der Waals surface area contributed by atoms with Gasteiger partial charge < -0.3 is 30.7 Å². The van der Waals surface area contributed by atoms with Crippen LogP contribution in [0.5, 0.6) is 11.5 Å². The molecule has 2 atom stereocenters. The van der Waals surface area contributed by atoms with E-state index in [1.165, 1.54) is 24.3 Å². The largest absolute Gasteiger partial charge is 0.493 e. The van der Waals surface area contributed by atoms with Crippen LogP contribution in [0.15, 0.2) is 48.5 Å². The van der Waals surface area contributed by atoms with Crippen LogP contribution in [0.4, 0.5) is 4.39 Å². The quantitative estimate of drug-likeness (QED) is 0.421. The summed E-state index contributed by atoms with van der Waals surface area (Å²) >= 11 is 0. The molecule has 0 spiro atoms. The predicted molar refractivity (Wildman–Crippen MR) is 137 cm³/mol. The van der Waals surface area contributed by atoms with Gasteiger partial charge in [0.2, 0.25) is 17.7 Å². The lowest BCUT2D eigenvalue weighted by Gasteiger charge is -2.23. The zero-order valence-electron chi connectivity index (χ0n) is 21.4. The van der Waals surface area contributed by atoms with Crippen molar-refractivity contribution in [2.45, 2.75) is 38.8 Å². The lowest BCUT2D eigenvalue weighted by molar-refractivity contribution is -0.131. The zero-order valence-corrected chi connectivity index (χ0v) is 21.4. The maximum Gasteiger partial charge on any atom is 0.255 e. The average Bonchev–Trinajstić information content (AvgIpc) is 2.89. The van der Waals surface area contributed by atoms with Gasteiger partial charge in [0.05, 0.1) is 25.1 Å².